The average Bonchev–Trinajstić information content (AvgIpc) is 3.21. The summed E-state index contributed by atoms with van der Waals surface area (Å²) in [6.07, 6.45) is 2.53. The lowest BCUT2D eigenvalue weighted by Gasteiger charge is -2.26. The standard InChI is InChI=1S/C17H18FN5O/c1-2-15-20-21-16-10-22(6-7-23(15)16)9-14-11-24-17(19-14)12-4-3-5-13(18)8-12/h3-5,8,11H,2,6-7,9-10H2,1H3. The van der Waals surface area contributed by atoms with Crippen molar-refractivity contribution in [3.63, 3.8) is 0 Å². The second-order valence-electron chi connectivity index (χ2n) is 5.90. The third kappa shape index (κ3) is 2.82. The van der Waals surface area contributed by atoms with Gasteiger partial charge in [-0.15, -0.1) is 10.2 Å². The fourth-order valence-corrected chi connectivity index (χ4v) is 3.03. The highest BCUT2D eigenvalue weighted by molar-refractivity contribution is 5.52. The number of rotatable bonds is 4. The van der Waals surface area contributed by atoms with Crippen molar-refractivity contribution in [2.24, 2.45) is 0 Å². The van der Waals surface area contributed by atoms with Crippen LogP contribution in [-0.2, 0) is 26.1 Å². The normalized spacial score (nSPS) is 14.8. The molecule has 6 nitrogen and oxygen atoms in total. The summed E-state index contributed by atoms with van der Waals surface area (Å²) >= 11 is 0. The van der Waals surface area contributed by atoms with E-state index in [0.717, 1.165) is 43.4 Å². The number of fused-ring (bicyclic) bond motifs is 1. The molecule has 0 saturated heterocycles. The first-order valence-electron chi connectivity index (χ1n) is 8.06. The fraction of sp³-hybridized carbons (Fsp3) is 0.353. The van der Waals surface area contributed by atoms with Crippen LogP contribution < -0.4 is 0 Å². The molecule has 3 aromatic rings. The van der Waals surface area contributed by atoms with Crippen LogP contribution in [0.2, 0.25) is 0 Å². The van der Waals surface area contributed by atoms with E-state index in [-0.39, 0.29) is 5.82 Å². The van der Waals surface area contributed by atoms with E-state index in [9.17, 15) is 4.39 Å². The molecule has 0 aliphatic carbocycles. The number of aromatic nitrogens is 4. The monoisotopic (exact) mass is 327 g/mol. The zero-order chi connectivity index (χ0) is 16.5. The highest BCUT2D eigenvalue weighted by Crippen LogP contribution is 2.21. The molecule has 1 aliphatic heterocycles. The number of oxazole rings is 1. The van der Waals surface area contributed by atoms with Gasteiger partial charge in [-0.1, -0.05) is 13.0 Å². The van der Waals surface area contributed by atoms with E-state index in [1.54, 1.807) is 18.4 Å². The van der Waals surface area contributed by atoms with Crippen LogP contribution in [0.4, 0.5) is 4.39 Å². The summed E-state index contributed by atoms with van der Waals surface area (Å²) in [5.74, 6) is 2.18. The van der Waals surface area contributed by atoms with Crippen LogP contribution in [0.5, 0.6) is 0 Å². The van der Waals surface area contributed by atoms with Gasteiger partial charge in [-0.25, -0.2) is 9.37 Å². The number of nitrogens with zero attached hydrogens (tertiary/aromatic N) is 5. The first-order chi connectivity index (χ1) is 11.7. The minimum atomic E-state index is -0.297. The van der Waals surface area contributed by atoms with Crippen LogP contribution in [0.25, 0.3) is 11.5 Å². The molecule has 0 atom stereocenters. The average molecular weight is 327 g/mol. The van der Waals surface area contributed by atoms with Crippen molar-refractivity contribution in [1.82, 2.24) is 24.6 Å². The van der Waals surface area contributed by atoms with Gasteiger partial charge in [-0.05, 0) is 18.2 Å². The van der Waals surface area contributed by atoms with Crippen molar-refractivity contribution in [3.8, 4) is 11.5 Å². The highest BCUT2D eigenvalue weighted by Gasteiger charge is 2.21. The van der Waals surface area contributed by atoms with Crippen LogP contribution in [0, 0.1) is 5.82 Å². The van der Waals surface area contributed by atoms with Gasteiger partial charge < -0.3 is 8.98 Å². The van der Waals surface area contributed by atoms with E-state index < -0.39 is 0 Å². The molecule has 7 heteroatoms. The van der Waals surface area contributed by atoms with E-state index in [4.69, 9.17) is 4.42 Å². The topological polar surface area (TPSA) is 60.0 Å². The molecular formula is C17H18FN5O. The van der Waals surface area contributed by atoms with Crippen molar-refractivity contribution in [3.05, 3.63) is 53.7 Å². The number of benzene rings is 1. The Hall–Kier alpha value is -2.54. The maximum atomic E-state index is 13.3. The molecule has 0 bridgehead atoms. The Balaban J connectivity index is 1.47. The largest absolute Gasteiger partial charge is 0.444 e. The van der Waals surface area contributed by atoms with Gasteiger partial charge in [0.2, 0.25) is 5.89 Å². The van der Waals surface area contributed by atoms with Crippen molar-refractivity contribution in [1.29, 1.82) is 0 Å². The lowest BCUT2D eigenvalue weighted by Crippen LogP contribution is -2.34. The summed E-state index contributed by atoms with van der Waals surface area (Å²) in [7, 11) is 0. The predicted molar refractivity (Wildman–Crippen MR) is 85.4 cm³/mol. The third-order valence-electron chi connectivity index (χ3n) is 4.23. The molecule has 0 saturated carbocycles. The first-order valence-corrected chi connectivity index (χ1v) is 8.06. The minimum absolute atomic E-state index is 0.297. The van der Waals surface area contributed by atoms with Gasteiger partial charge in [0.05, 0.1) is 12.2 Å². The first kappa shape index (κ1) is 15.0. The molecule has 124 valence electrons. The zero-order valence-electron chi connectivity index (χ0n) is 13.4. The molecule has 4 rings (SSSR count). The molecule has 0 radical (unpaired) electrons. The van der Waals surface area contributed by atoms with Crippen LogP contribution in [-0.4, -0.2) is 31.2 Å². The maximum absolute atomic E-state index is 13.3. The molecule has 3 heterocycles. The molecule has 1 aromatic carbocycles. The van der Waals surface area contributed by atoms with Gasteiger partial charge in [0, 0.05) is 31.6 Å². The second-order valence-corrected chi connectivity index (χ2v) is 5.90. The quantitative estimate of drug-likeness (QED) is 0.737. The minimum Gasteiger partial charge on any atom is -0.444 e. The molecular weight excluding hydrogens is 309 g/mol. The van der Waals surface area contributed by atoms with Crippen molar-refractivity contribution >= 4 is 0 Å². The summed E-state index contributed by atoms with van der Waals surface area (Å²) in [6.45, 7) is 5.32. The number of hydrogen-bond donors (Lipinski definition) is 0. The van der Waals surface area contributed by atoms with Crippen LogP contribution in [0.3, 0.4) is 0 Å². The van der Waals surface area contributed by atoms with Crippen LogP contribution >= 0.6 is 0 Å². The van der Waals surface area contributed by atoms with Gasteiger partial charge >= 0.3 is 0 Å². The van der Waals surface area contributed by atoms with E-state index in [0.29, 0.717) is 18.0 Å². The molecule has 24 heavy (non-hydrogen) atoms. The van der Waals surface area contributed by atoms with Crippen LogP contribution in [0.15, 0.2) is 34.9 Å². The Kier molecular flexibility index (Phi) is 3.86. The lowest BCUT2D eigenvalue weighted by molar-refractivity contribution is 0.205. The Bertz CT molecular complexity index is 856. The van der Waals surface area contributed by atoms with Crippen molar-refractivity contribution in [2.45, 2.75) is 33.0 Å². The molecule has 0 unspecified atom stereocenters. The van der Waals surface area contributed by atoms with E-state index in [2.05, 4.69) is 31.6 Å². The third-order valence-corrected chi connectivity index (χ3v) is 4.23. The Labute approximate surface area is 138 Å². The maximum Gasteiger partial charge on any atom is 0.226 e. The van der Waals surface area contributed by atoms with Gasteiger partial charge in [0.1, 0.15) is 23.7 Å². The van der Waals surface area contributed by atoms with Crippen molar-refractivity contribution in [2.75, 3.05) is 6.54 Å². The Morgan fingerprint density at radius 2 is 2.17 bits per heavy atom. The van der Waals surface area contributed by atoms with Gasteiger partial charge in [0.15, 0.2) is 0 Å². The smallest absolute Gasteiger partial charge is 0.226 e. The predicted octanol–water partition coefficient (Wildman–Crippen LogP) is 2.65. The summed E-state index contributed by atoms with van der Waals surface area (Å²) in [5.41, 5.74) is 1.48. The zero-order valence-corrected chi connectivity index (χ0v) is 13.4. The van der Waals surface area contributed by atoms with Gasteiger partial charge in [0.25, 0.3) is 0 Å². The molecule has 0 amide bonds. The highest BCUT2D eigenvalue weighted by atomic mass is 19.1. The second kappa shape index (κ2) is 6.16. The van der Waals surface area contributed by atoms with Crippen LogP contribution in [0.1, 0.15) is 24.3 Å². The Morgan fingerprint density at radius 3 is 3.00 bits per heavy atom. The molecule has 0 fully saturated rings. The van der Waals surface area contributed by atoms with E-state index in [1.807, 2.05) is 0 Å². The van der Waals surface area contributed by atoms with Gasteiger partial charge in [-0.2, -0.15) is 0 Å². The van der Waals surface area contributed by atoms with E-state index >= 15 is 0 Å². The number of hydrogen-bond acceptors (Lipinski definition) is 5. The SMILES string of the molecule is CCc1nnc2n1CCN(Cc1coc(-c3cccc(F)c3)n1)C2. The summed E-state index contributed by atoms with van der Waals surface area (Å²) in [4.78, 5) is 6.74. The summed E-state index contributed by atoms with van der Waals surface area (Å²) < 4.78 is 21.0. The van der Waals surface area contributed by atoms with Crippen molar-refractivity contribution < 1.29 is 8.81 Å². The summed E-state index contributed by atoms with van der Waals surface area (Å²) in [5, 5.41) is 8.49. The molecule has 1 aliphatic rings. The van der Waals surface area contributed by atoms with Gasteiger partial charge in [-0.3, -0.25) is 4.90 Å². The summed E-state index contributed by atoms with van der Waals surface area (Å²) in [6, 6.07) is 6.26. The number of aryl methyl sites for hydroxylation is 1. The lowest BCUT2D eigenvalue weighted by atomic mass is 10.2. The number of halogens is 1. The molecule has 2 aromatic heterocycles. The molecule has 0 spiro atoms. The fourth-order valence-electron chi connectivity index (χ4n) is 3.03. The molecule has 0 N–H and O–H groups in total. The van der Waals surface area contributed by atoms with E-state index in [1.165, 1.54) is 12.1 Å². The Morgan fingerprint density at radius 1 is 1.25 bits per heavy atom.